The number of hydrogen-bond donors (Lipinski definition) is 0. The molecular formula is C16H23ClN2O2S. The highest BCUT2D eigenvalue weighted by Crippen LogP contribution is 2.18. The van der Waals surface area contributed by atoms with Gasteiger partial charge in [0.25, 0.3) is 0 Å². The lowest BCUT2D eigenvalue weighted by molar-refractivity contribution is 0.204. The van der Waals surface area contributed by atoms with Gasteiger partial charge in [-0.25, -0.2) is 8.42 Å². The zero-order valence-electron chi connectivity index (χ0n) is 12.9. The average Bonchev–Trinajstić information content (AvgIpc) is 2.54. The van der Waals surface area contributed by atoms with Crippen LogP contribution in [0.1, 0.15) is 18.9 Å². The van der Waals surface area contributed by atoms with E-state index in [-0.39, 0.29) is 0 Å². The molecule has 0 N–H and O–H groups in total. The van der Waals surface area contributed by atoms with Crippen LogP contribution in [0.4, 0.5) is 0 Å². The summed E-state index contributed by atoms with van der Waals surface area (Å²) in [4.78, 5) is 2.58. The van der Waals surface area contributed by atoms with Crippen LogP contribution in [0, 0.1) is 0 Å². The number of hydrogen-bond acceptors (Lipinski definition) is 3. The summed E-state index contributed by atoms with van der Waals surface area (Å²) >= 11 is 5.52. The highest BCUT2D eigenvalue weighted by Gasteiger charge is 2.27. The third-order valence-electron chi connectivity index (χ3n) is 3.88. The van der Waals surface area contributed by atoms with Crippen molar-refractivity contribution in [3.05, 3.63) is 41.4 Å². The van der Waals surface area contributed by atoms with Crippen molar-refractivity contribution in [3.63, 3.8) is 0 Å². The Bertz CT molecular complexity index is 591. The van der Waals surface area contributed by atoms with Gasteiger partial charge in [-0.2, -0.15) is 4.31 Å². The van der Waals surface area contributed by atoms with Crippen molar-refractivity contribution in [2.24, 2.45) is 0 Å². The molecule has 1 aromatic rings. The summed E-state index contributed by atoms with van der Waals surface area (Å²) in [6.07, 6.45) is 3.91. The summed E-state index contributed by atoms with van der Waals surface area (Å²) in [7, 11) is -3.38. The van der Waals surface area contributed by atoms with E-state index in [1.165, 1.54) is 11.1 Å². The second-order valence-electron chi connectivity index (χ2n) is 5.46. The Balaban J connectivity index is 2.02. The molecule has 22 heavy (non-hydrogen) atoms. The fourth-order valence-electron chi connectivity index (χ4n) is 2.61. The van der Waals surface area contributed by atoms with E-state index in [1.54, 1.807) is 16.4 Å². The van der Waals surface area contributed by atoms with Crippen molar-refractivity contribution in [3.8, 4) is 0 Å². The number of sulfonamides is 1. The molecule has 0 spiro atoms. The van der Waals surface area contributed by atoms with Crippen LogP contribution in [0.5, 0.6) is 0 Å². The van der Waals surface area contributed by atoms with Crippen molar-refractivity contribution in [2.75, 3.05) is 32.7 Å². The lowest BCUT2D eigenvalue weighted by atomic mass is 10.1. The molecule has 0 saturated carbocycles. The van der Waals surface area contributed by atoms with Crippen molar-refractivity contribution in [2.45, 2.75) is 24.7 Å². The molecule has 0 aromatic heterocycles. The second kappa shape index (κ2) is 8.11. The molecule has 1 fully saturated rings. The molecule has 0 atom stereocenters. The second-order valence-corrected chi connectivity index (χ2v) is 7.65. The molecule has 6 heteroatoms. The number of aryl methyl sites for hydroxylation is 1. The summed E-state index contributed by atoms with van der Waals surface area (Å²) in [5.41, 5.74) is 2.68. The minimum atomic E-state index is -3.38. The van der Waals surface area contributed by atoms with Gasteiger partial charge in [0.1, 0.15) is 0 Å². The van der Waals surface area contributed by atoms with Crippen molar-refractivity contribution >= 4 is 21.6 Å². The van der Waals surface area contributed by atoms with Gasteiger partial charge in [0.2, 0.25) is 10.0 Å². The van der Waals surface area contributed by atoms with Gasteiger partial charge in [0, 0.05) is 38.3 Å². The molecule has 1 aliphatic heterocycles. The molecule has 0 aliphatic carbocycles. The maximum Gasteiger partial charge on any atom is 0.243 e. The first-order valence-corrected chi connectivity index (χ1v) is 9.52. The van der Waals surface area contributed by atoms with Crippen molar-refractivity contribution in [1.82, 2.24) is 9.21 Å². The normalized spacial score (nSPS) is 18.1. The minimum Gasteiger partial charge on any atom is -0.297 e. The van der Waals surface area contributed by atoms with Crippen LogP contribution in [0.3, 0.4) is 0 Å². The largest absolute Gasteiger partial charge is 0.297 e. The van der Waals surface area contributed by atoms with Crippen molar-refractivity contribution in [1.29, 1.82) is 0 Å². The Morgan fingerprint density at radius 1 is 1.14 bits per heavy atom. The van der Waals surface area contributed by atoms with Crippen LogP contribution in [-0.2, 0) is 16.4 Å². The average molecular weight is 343 g/mol. The summed E-state index contributed by atoms with van der Waals surface area (Å²) < 4.78 is 26.9. The molecule has 1 aliphatic rings. The molecule has 0 unspecified atom stereocenters. The Morgan fingerprint density at radius 2 is 1.77 bits per heavy atom. The Hall–Kier alpha value is -0.880. The van der Waals surface area contributed by atoms with Crippen LogP contribution in [-0.4, -0.2) is 50.3 Å². The van der Waals surface area contributed by atoms with E-state index in [9.17, 15) is 8.42 Å². The monoisotopic (exact) mass is 342 g/mol. The smallest absolute Gasteiger partial charge is 0.243 e. The first-order chi connectivity index (χ1) is 10.6. The van der Waals surface area contributed by atoms with Gasteiger partial charge in [0.05, 0.1) is 4.90 Å². The SMILES string of the molecule is CCCc1ccc(S(=O)(=O)N2CCN(C/C=C/Cl)CC2)cc1. The lowest BCUT2D eigenvalue weighted by Gasteiger charge is -2.33. The maximum absolute atomic E-state index is 12.6. The first kappa shape index (κ1) is 17.5. The van der Waals surface area contributed by atoms with E-state index in [0.29, 0.717) is 18.0 Å². The quantitative estimate of drug-likeness (QED) is 0.798. The summed E-state index contributed by atoms with van der Waals surface area (Å²) in [5.74, 6) is 0. The van der Waals surface area contributed by atoms with E-state index in [0.717, 1.165) is 32.5 Å². The fraction of sp³-hybridized carbons (Fsp3) is 0.500. The Labute approximate surface area is 138 Å². The number of halogens is 1. The molecule has 0 amide bonds. The third kappa shape index (κ3) is 4.32. The molecule has 1 saturated heterocycles. The molecule has 0 bridgehead atoms. The van der Waals surface area contributed by atoms with Gasteiger partial charge < -0.3 is 0 Å². The number of nitrogens with zero attached hydrogens (tertiary/aromatic N) is 2. The van der Waals surface area contributed by atoms with Crippen LogP contribution in [0.2, 0.25) is 0 Å². The molecule has 1 aromatic carbocycles. The summed E-state index contributed by atoms with van der Waals surface area (Å²) in [6.45, 7) is 5.39. The van der Waals surface area contributed by atoms with Gasteiger partial charge >= 0.3 is 0 Å². The molecule has 2 rings (SSSR count). The maximum atomic E-state index is 12.6. The van der Waals surface area contributed by atoms with Crippen LogP contribution < -0.4 is 0 Å². The Kier molecular flexibility index (Phi) is 6.44. The first-order valence-electron chi connectivity index (χ1n) is 7.64. The zero-order chi connectivity index (χ0) is 16.0. The van der Waals surface area contributed by atoms with E-state index in [2.05, 4.69) is 11.8 Å². The third-order valence-corrected chi connectivity index (χ3v) is 5.97. The molecule has 1 heterocycles. The fourth-order valence-corrected chi connectivity index (χ4v) is 4.11. The number of rotatable bonds is 6. The molecule has 4 nitrogen and oxygen atoms in total. The molecular weight excluding hydrogens is 320 g/mol. The number of piperazine rings is 1. The predicted octanol–water partition coefficient (Wildman–Crippen LogP) is 2.70. The lowest BCUT2D eigenvalue weighted by Crippen LogP contribution is -2.48. The van der Waals surface area contributed by atoms with E-state index >= 15 is 0 Å². The van der Waals surface area contributed by atoms with Gasteiger partial charge in [-0.05, 0) is 24.1 Å². The van der Waals surface area contributed by atoms with Gasteiger partial charge in [0.15, 0.2) is 0 Å². The topological polar surface area (TPSA) is 40.6 Å². The number of benzene rings is 1. The zero-order valence-corrected chi connectivity index (χ0v) is 14.5. The van der Waals surface area contributed by atoms with E-state index in [1.807, 2.05) is 18.2 Å². The van der Waals surface area contributed by atoms with Gasteiger partial charge in [-0.1, -0.05) is 43.2 Å². The summed E-state index contributed by atoms with van der Waals surface area (Å²) in [5, 5.41) is 0. The van der Waals surface area contributed by atoms with E-state index < -0.39 is 10.0 Å². The predicted molar refractivity (Wildman–Crippen MR) is 90.6 cm³/mol. The Morgan fingerprint density at radius 3 is 2.32 bits per heavy atom. The van der Waals surface area contributed by atoms with Gasteiger partial charge in [-0.15, -0.1) is 0 Å². The highest BCUT2D eigenvalue weighted by atomic mass is 35.5. The minimum absolute atomic E-state index is 0.390. The van der Waals surface area contributed by atoms with Crippen molar-refractivity contribution < 1.29 is 8.42 Å². The van der Waals surface area contributed by atoms with Crippen LogP contribution >= 0.6 is 11.6 Å². The van der Waals surface area contributed by atoms with Gasteiger partial charge in [-0.3, -0.25) is 4.90 Å². The summed E-state index contributed by atoms with van der Waals surface area (Å²) in [6, 6.07) is 7.28. The molecule has 0 radical (unpaired) electrons. The van der Waals surface area contributed by atoms with E-state index in [4.69, 9.17) is 11.6 Å². The molecule has 122 valence electrons. The van der Waals surface area contributed by atoms with Crippen LogP contribution in [0.25, 0.3) is 0 Å². The van der Waals surface area contributed by atoms with Crippen LogP contribution in [0.15, 0.2) is 40.8 Å². The highest BCUT2D eigenvalue weighted by molar-refractivity contribution is 7.89. The standard InChI is InChI=1S/C16H23ClN2O2S/c1-2-4-15-5-7-16(8-6-15)22(20,21)19-13-11-18(12-14-19)10-3-9-17/h3,5-9H,2,4,10-14H2,1H3/b9-3+.